The topological polar surface area (TPSA) is 37.8 Å². The fourth-order valence-electron chi connectivity index (χ4n) is 1.81. The summed E-state index contributed by atoms with van der Waals surface area (Å²) in [6.07, 6.45) is 5.54. The van der Waals surface area contributed by atoms with E-state index < -0.39 is 0 Å². The largest absolute Gasteiger partial charge is 0.369 e. The Kier molecular flexibility index (Phi) is 4.20. The SMILES string of the molecule is Cc1cc(NCC(C)(C)c2cccnc2)ncc1Br. The molecule has 4 heteroatoms. The average Bonchev–Trinajstić information content (AvgIpc) is 2.41. The van der Waals surface area contributed by atoms with E-state index in [1.54, 1.807) is 6.20 Å². The zero-order valence-electron chi connectivity index (χ0n) is 11.4. The van der Waals surface area contributed by atoms with Crippen molar-refractivity contribution in [1.82, 2.24) is 9.97 Å². The lowest BCUT2D eigenvalue weighted by molar-refractivity contribution is 0.554. The van der Waals surface area contributed by atoms with Gasteiger partial charge < -0.3 is 5.32 Å². The lowest BCUT2D eigenvalue weighted by atomic mass is 9.86. The maximum atomic E-state index is 4.36. The number of nitrogens with zero attached hydrogens (tertiary/aromatic N) is 2. The van der Waals surface area contributed by atoms with Crippen LogP contribution in [-0.4, -0.2) is 16.5 Å². The number of rotatable bonds is 4. The van der Waals surface area contributed by atoms with Crippen LogP contribution >= 0.6 is 15.9 Å². The summed E-state index contributed by atoms with van der Waals surface area (Å²) in [4.78, 5) is 8.54. The molecule has 0 saturated carbocycles. The fourth-order valence-corrected chi connectivity index (χ4v) is 2.03. The van der Waals surface area contributed by atoms with Crippen LogP contribution < -0.4 is 5.32 Å². The molecule has 0 fully saturated rings. The molecular weight excluding hydrogens is 302 g/mol. The molecule has 0 bridgehead atoms. The number of pyridine rings is 2. The van der Waals surface area contributed by atoms with Gasteiger partial charge >= 0.3 is 0 Å². The van der Waals surface area contributed by atoms with Gasteiger partial charge in [0.2, 0.25) is 0 Å². The van der Waals surface area contributed by atoms with Gasteiger partial charge in [0.1, 0.15) is 5.82 Å². The van der Waals surface area contributed by atoms with Gasteiger partial charge in [-0.25, -0.2) is 4.98 Å². The summed E-state index contributed by atoms with van der Waals surface area (Å²) in [5.41, 5.74) is 2.41. The van der Waals surface area contributed by atoms with Gasteiger partial charge in [0.25, 0.3) is 0 Å². The third-order valence-corrected chi connectivity index (χ3v) is 4.03. The summed E-state index contributed by atoms with van der Waals surface area (Å²) in [5, 5.41) is 3.39. The van der Waals surface area contributed by atoms with Crippen LogP contribution in [0.5, 0.6) is 0 Å². The minimum atomic E-state index is 0.0108. The number of anilines is 1. The van der Waals surface area contributed by atoms with Crippen molar-refractivity contribution in [2.45, 2.75) is 26.2 Å². The van der Waals surface area contributed by atoms with E-state index in [2.05, 4.69) is 58.1 Å². The van der Waals surface area contributed by atoms with Crippen molar-refractivity contribution in [3.05, 3.63) is 52.4 Å². The first-order valence-electron chi connectivity index (χ1n) is 6.25. The highest BCUT2D eigenvalue weighted by Crippen LogP contribution is 2.23. The molecule has 0 atom stereocenters. The number of nitrogens with one attached hydrogen (secondary N) is 1. The Bertz CT molecular complexity index is 553. The Morgan fingerprint density at radius 1 is 1.32 bits per heavy atom. The number of aryl methyl sites for hydroxylation is 1. The minimum absolute atomic E-state index is 0.0108. The molecule has 3 nitrogen and oxygen atoms in total. The molecule has 0 aromatic carbocycles. The van der Waals surface area contributed by atoms with Gasteiger partial charge in [0.15, 0.2) is 0 Å². The molecule has 0 saturated heterocycles. The van der Waals surface area contributed by atoms with Crippen molar-refractivity contribution < 1.29 is 0 Å². The molecule has 0 amide bonds. The molecule has 2 aromatic heterocycles. The zero-order chi connectivity index (χ0) is 13.9. The van der Waals surface area contributed by atoms with E-state index in [0.29, 0.717) is 0 Å². The van der Waals surface area contributed by atoms with Crippen LogP contribution in [0.25, 0.3) is 0 Å². The highest BCUT2D eigenvalue weighted by molar-refractivity contribution is 9.10. The normalized spacial score (nSPS) is 11.4. The van der Waals surface area contributed by atoms with Crippen molar-refractivity contribution in [3.63, 3.8) is 0 Å². The van der Waals surface area contributed by atoms with E-state index in [4.69, 9.17) is 0 Å². The molecule has 2 heterocycles. The van der Waals surface area contributed by atoms with Crippen LogP contribution in [-0.2, 0) is 5.41 Å². The van der Waals surface area contributed by atoms with Gasteiger partial charge in [-0.2, -0.15) is 0 Å². The number of halogens is 1. The van der Waals surface area contributed by atoms with E-state index in [1.165, 1.54) is 11.1 Å². The molecule has 1 N–H and O–H groups in total. The Morgan fingerprint density at radius 2 is 2.11 bits per heavy atom. The molecule has 100 valence electrons. The first kappa shape index (κ1) is 14.0. The quantitative estimate of drug-likeness (QED) is 0.927. The summed E-state index contributed by atoms with van der Waals surface area (Å²) in [7, 11) is 0. The van der Waals surface area contributed by atoms with E-state index in [-0.39, 0.29) is 5.41 Å². The molecule has 0 spiro atoms. The second-order valence-corrected chi connectivity index (χ2v) is 6.15. The van der Waals surface area contributed by atoms with Crippen LogP contribution in [0.3, 0.4) is 0 Å². The summed E-state index contributed by atoms with van der Waals surface area (Å²) >= 11 is 3.46. The van der Waals surface area contributed by atoms with E-state index in [9.17, 15) is 0 Å². The van der Waals surface area contributed by atoms with E-state index in [0.717, 1.165) is 16.8 Å². The highest BCUT2D eigenvalue weighted by atomic mass is 79.9. The summed E-state index contributed by atoms with van der Waals surface area (Å²) in [6.45, 7) is 7.27. The molecule has 0 aliphatic heterocycles. The van der Waals surface area contributed by atoms with Crippen molar-refractivity contribution in [2.24, 2.45) is 0 Å². The van der Waals surface area contributed by atoms with Crippen LogP contribution in [0.1, 0.15) is 25.0 Å². The second-order valence-electron chi connectivity index (χ2n) is 5.30. The summed E-state index contributed by atoms with van der Waals surface area (Å²) in [6, 6.07) is 6.12. The zero-order valence-corrected chi connectivity index (χ0v) is 13.0. The first-order valence-corrected chi connectivity index (χ1v) is 7.05. The lowest BCUT2D eigenvalue weighted by Crippen LogP contribution is -2.28. The van der Waals surface area contributed by atoms with Crippen molar-refractivity contribution in [3.8, 4) is 0 Å². The lowest BCUT2D eigenvalue weighted by Gasteiger charge is -2.25. The second kappa shape index (κ2) is 5.70. The molecule has 2 aromatic rings. The van der Waals surface area contributed by atoms with Crippen LogP contribution in [0.4, 0.5) is 5.82 Å². The van der Waals surface area contributed by atoms with E-state index >= 15 is 0 Å². The van der Waals surface area contributed by atoms with Gasteiger partial charge in [0, 0.05) is 35.0 Å². The molecule has 0 unspecified atom stereocenters. The van der Waals surface area contributed by atoms with Gasteiger partial charge in [-0.1, -0.05) is 19.9 Å². The summed E-state index contributed by atoms with van der Waals surface area (Å²) in [5.74, 6) is 0.901. The third kappa shape index (κ3) is 3.53. The molecule has 0 aliphatic rings. The van der Waals surface area contributed by atoms with Crippen molar-refractivity contribution in [1.29, 1.82) is 0 Å². The first-order chi connectivity index (χ1) is 8.99. The molecular formula is C15H18BrN3. The molecule has 19 heavy (non-hydrogen) atoms. The van der Waals surface area contributed by atoms with Crippen LogP contribution in [0.2, 0.25) is 0 Å². The molecule has 2 rings (SSSR count). The maximum absolute atomic E-state index is 4.36. The number of aromatic nitrogens is 2. The number of hydrogen-bond donors (Lipinski definition) is 1. The monoisotopic (exact) mass is 319 g/mol. The maximum Gasteiger partial charge on any atom is 0.126 e. The average molecular weight is 320 g/mol. The Hall–Kier alpha value is -1.42. The molecule has 0 aliphatic carbocycles. The third-order valence-electron chi connectivity index (χ3n) is 3.20. The minimum Gasteiger partial charge on any atom is -0.369 e. The predicted molar refractivity (Wildman–Crippen MR) is 82.4 cm³/mol. The highest BCUT2D eigenvalue weighted by Gasteiger charge is 2.20. The Labute approximate surface area is 122 Å². The van der Waals surface area contributed by atoms with Crippen molar-refractivity contribution >= 4 is 21.7 Å². The van der Waals surface area contributed by atoms with Crippen LogP contribution in [0, 0.1) is 6.92 Å². The Morgan fingerprint density at radius 3 is 2.74 bits per heavy atom. The van der Waals surface area contributed by atoms with Gasteiger partial charge in [-0.3, -0.25) is 4.98 Å². The predicted octanol–water partition coefficient (Wildman–Crippen LogP) is 3.94. The summed E-state index contributed by atoms with van der Waals surface area (Å²) < 4.78 is 1.03. The van der Waals surface area contributed by atoms with Crippen molar-refractivity contribution in [2.75, 3.05) is 11.9 Å². The van der Waals surface area contributed by atoms with Crippen LogP contribution in [0.15, 0.2) is 41.3 Å². The fraction of sp³-hybridized carbons (Fsp3) is 0.333. The van der Waals surface area contributed by atoms with Gasteiger partial charge in [-0.05, 0) is 46.1 Å². The standard InChI is InChI=1S/C15H18BrN3/c1-11-7-14(18-9-13(11)16)19-10-15(2,3)12-5-4-6-17-8-12/h4-9H,10H2,1-3H3,(H,18,19). The smallest absolute Gasteiger partial charge is 0.126 e. The van der Waals surface area contributed by atoms with Gasteiger partial charge in [0.05, 0.1) is 0 Å². The number of hydrogen-bond acceptors (Lipinski definition) is 3. The van der Waals surface area contributed by atoms with E-state index in [1.807, 2.05) is 24.5 Å². The molecule has 0 radical (unpaired) electrons. The van der Waals surface area contributed by atoms with Gasteiger partial charge in [-0.15, -0.1) is 0 Å². The Balaban J connectivity index is 2.07.